The van der Waals surface area contributed by atoms with Crippen molar-refractivity contribution in [1.29, 1.82) is 0 Å². The lowest BCUT2D eigenvalue weighted by Gasteiger charge is -2.09. The van der Waals surface area contributed by atoms with Crippen molar-refractivity contribution >= 4 is 6.29 Å². The maximum Gasteiger partial charge on any atom is 0.233 e. The molecule has 0 atom stereocenters. The molecule has 27 heavy (non-hydrogen) atoms. The van der Waals surface area contributed by atoms with Crippen LogP contribution in [0.5, 0.6) is 11.6 Å². The number of nitrogens with zero attached hydrogens (tertiary/aromatic N) is 2. The second-order valence-corrected chi connectivity index (χ2v) is 6.21. The zero-order valence-corrected chi connectivity index (χ0v) is 14.9. The van der Waals surface area contributed by atoms with Crippen molar-refractivity contribution in [2.24, 2.45) is 0 Å². The molecule has 0 radical (unpaired) electrons. The van der Waals surface area contributed by atoms with Crippen LogP contribution >= 0.6 is 0 Å². The van der Waals surface area contributed by atoms with Gasteiger partial charge in [0.05, 0.1) is 5.69 Å². The molecule has 0 spiro atoms. The smallest absolute Gasteiger partial charge is 0.233 e. The van der Waals surface area contributed by atoms with Crippen LogP contribution in [0.3, 0.4) is 0 Å². The summed E-state index contributed by atoms with van der Waals surface area (Å²) in [6.45, 7) is 2.02. The zero-order valence-electron chi connectivity index (χ0n) is 14.9. The average molecular weight is 354 g/mol. The minimum atomic E-state index is 0.402. The van der Waals surface area contributed by atoms with E-state index >= 15 is 0 Å². The van der Waals surface area contributed by atoms with E-state index in [2.05, 4.69) is 0 Å². The molecule has 0 aliphatic heterocycles. The Bertz CT molecular complexity index is 1050. The van der Waals surface area contributed by atoms with E-state index in [4.69, 9.17) is 9.84 Å². The molecule has 0 saturated carbocycles. The molecule has 3 aromatic carbocycles. The van der Waals surface area contributed by atoms with Crippen LogP contribution in [0.15, 0.2) is 84.9 Å². The number of hydrogen-bond acceptors (Lipinski definition) is 3. The molecule has 4 rings (SSSR count). The fourth-order valence-electron chi connectivity index (χ4n) is 2.89. The van der Waals surface area contributed by atoms with Crippen LogP contribution in [0.1, 0.15) is 15.9 Å². The molecule has 0 bridgehead atoms. The highest BCUT2D eigenvalue weighted by molar-refractivity contribution is 5.89. The Hall–Kier alpha value is -3.66. The first kappa shape index (κ1) is 16.8. The summed E-state index contributed by atoms with van der Waals surface area (Å²) < 4.78 is 7.78. The van der Waals surface area contributed by atoms with Crippen LogP contribution in [0.25, 0.3) is 16.9 Å². The van der Waals surface area contributed by atoms with Crippen molar-refractivity contribution in [3.05, 3.63) is 96.1 Å². The number of aldehydes is 1. The molecule has 1 aromatic heterocycles. The van der Waals surface area contributed by atoms with Crippen LogP contribution in [0.4, 0.5) is 0 Å². The highest BCUT2D eigenvalue weighted by Gasteiger charge is 2.21. The molecule has 4 aromatic rings. The standard InChI is InChI=1S/C23H18N2O2/c1-17-12-14-20(15-13-17)27-23-21(16-26)22(18-8-4-2-5-9-18)24-25(23)19-10-6-3-7-11-19/h2-16H,1H3. The Morgan fingerprint density at radius 2 is 1.48 bits per heavy atom. The lowest BCUT2D eigenvalue weighted by atomic mass is 10.1. The van der Waals surface area contributed by atoms with Crippen LogP contribution in [0.2, 0.25) is 0 Å². The Balaban J connectivity index is 1.90. The van der Waals surface area contributed by atoms with Gasteiger partial charge in [0, 0.05) is 5.56 Å². The predicted molar refractivity (Wildman–Crippen MR) is 106 cm³/mol. The highest BCUT2D eigenvalue weighted by atomic mass is 16.5. The summed E-state index contributed by atoms with van der Waals surface area (Å²) in [5.41, 5.74) is 3.84. The molecule has 1 heterocycles. The van der Waals surface area contributed by atoms with Crippen LogP contribution in [-0.2, 0) is 0 Å². The Morgan fingerprint density at radius 3 is 2.11 bits per heavy atom. The maximum atomic E-state index is 12.0. The third-order valence-corrected chi connectivity index (χ3v) is 4.28. The third-order valence-electron chi connectivity index (χ3n) is 4.28. The van der Waals surface area contributed by atoms with Gasteiger partial charge in [-0.25, -0.2) is 0 Å². The van der Waals surface area contributed by atoms with Gasteiger partial charge in [-0.3, -0.25) is 4.79 Å². The molecule has 0 N–H and O–H groups in total. The average Bonchev–Trinajstić information content (AvgIpc) is 3.09. The molecule has 0 amide bonds. The van der Waals surface area contributed by atoms with Crippen LogP contribution in [-0.4, -0.2) is 16.1 Å². The normalized spacial score (nSPS) is 10.6. The van der Waals surface area contributed by atoms with Gasteiger partial charge in [0.15, 0.2) is 6.29 Å². The first-order valence-electron chi connectivity index (χ1n) is 8.70. The summed E-state index contributed by atoms with van der Waals surface area (Å²) in [5, 5.41) is 4.70. The van der Waals surface area contributed by atoms with Gasteiger partial charge < -0.3 is 4.74 Å². The van der Waals surface area contributed by atoms with Gasteiger partial charge in [0.2, 0.25) is 5.88 Å². The monoisotopic (exact) mass is 354 g/mol. The van der Waals surface area contributed by atoms with Crippen molar-refractivity contribution in [3.8, 4) is 28.6 Å². The Kier molecular flexibility index (Phi) is 4.54. The molecule has 0 fully saturated rings. The van der Waals surface area contributed by atoms with Crippen LogP contribution < -0.4 is 4.74 Å². The van der Waals surface area contributed by atoms with E-state index in [0.29, 0.717) is 22.9 Å². The second kappa shape index (κ2) is 7.30. The summed E-state index contributed by atoms with van der Waals surface area (Å²) in [6, 6.07) is 27.0. The van der Waals surface area contributed by atoms with Crippen molar-refractivity contribution in [2.75, 3.05) is 0 Å². The Morgan fingerprint density at radius 1 is 0.852 bits per heavy atom. The second-order valence-electron chi connectivity index (χ2n) is 6.21. The third kappa shape index (κ3) is 3.37. The molecular weight excluding hydrogens is 336 g/mol. The van der Waals surface area contributed by atoms with Crippen molar-refractivity contribution in [3.63, 3.8) is 0 Å². The van der Waals surface area contributed by atoms with Gasteiger partial charge >= 0.3 is 0 Å². The van der Waals surface area contributed by atoms with E-state index in [9.17, 15) is 4.79 Å². The SMILES string of the molecule is Cc1ccc(Oc2c(C=O)c(-c3ccccc3)nn2-c2ccccc2)cc1. The molecule has 0 aliphatic carbocycles. The number of ether oxygens (including phenoxy) is 1. The fraction of sp³-hybridized carbons (Fsp3) is 0.0435. The fourth-order valence-corrected chi connectivity index (χ4v) is 2.89. The summed E-state index contributed by atoms with van der Waals surface area (Å²) in [4.78, 5) is 12.0. The van der Waals surface area contributed by atoms with E-state index in [0.717, 1.165) is 23.1 Å². The molecule has 4 heteroatoms. The van der Waals surface area contributed by atoms with Crippen LogP contribution in [0, 0.1) is 6.92 Å². The lowest BCUT2D eigenvalue weighted by molar-refractivity contribution is 0.112. The number of aromatic nitrogens is 2. The van der Waals surface area contributed by atoms with E-state index in [1.807, 2.05) is 91.9 Å². The van der Waals surface area contributed by atoms with E-state index in [1.54, 1.807) is 4.68 Å². The minimum Gasteiger partial charge on any atom is -0.438 e. The number of para-hydroxylation sites is 1. The topological polar surface area (TPSA) is 44.1 Å². The van der Waals surface area contributed by atoms with Crippen molar-refractivity contribution in [1.82, 2.24) is 9.78 Å². The molecule has 132 valence electrons. The molecule has 0 aliphatic rings. The predicted octanol–water partition coefficient (Wildman–Crippen LogP) is 5.45. The minimum absolute atomic E-state index is 0.402. The van der Waals surface area contributed by atoms with Gasteiger partial charge in [-0.05, 0) is 31.2 Å². The summed E-state index contributed by atoms with van der Waals surface area (Å²) >= 11 is 0. The van der Waals surface area contributed by atoms with E-state index in [-0.39, 0.29) is 0 Å². The molecule has 0 unspecified atom stereocenters. The number of hydrogen-bond donors (Lipinski definition) is 0. The Labute approximate surface area is 157 Å². The summed E-state index contributed by atoms with van der Waals surface area (Å²) in [6.07, 6.45) is 0.804. The first-order valence-corrected chi connectivity index (χ1v) is 8.70. The quantitative estimate of drug-likeness (QED) is 0.448. The number of aryl methyl sites for hydroxylation is 1. The maximum absolute atomic E-state index is 12.0. The number of carbonyl (C=O) groups excluding carboxylic acids is 1. The zero-order chi connectivity index (χ0) is 18.6. The van der Waals surface area contributed by atoms with Gasteiger partial charge in [0.1, 0.15) is 17.0 Å². The number of rotatable bonds is 5. The van der Waals surface area contributed by atoms with Crippen molar-refractivity contribution in [2.45, 2.75) is 6.92 Å². The largest absolute Gasteiger partial charge is 0.438 e. The van der Waals surface area contributed by atoms with Crippen molar-refractivity contribution < 1.29 is 9.53 Å². The van der Waals surface area contributed by atoms with Gasteiger partial charge in [-0.2, -0.15) is 9.78 Å². The highest BCUT2D eigenvalue weighted by Crippen LogP contribution is 2.34. The van der Waals surface area contributed by atoms with Gasteiger partial charge in [-0.1, -0.05) is 66.2 Å². The molecule has 0 saturated heterocycles. The lowest BCUT2D eigenvalue weighted by Crippen LogP contribution is -2.00. The first-order chi connectivity index (χ1) is 13.3. The van der Waals surface area contributed by atoms with Gasteiger partial charge in [-0.15, -0.1) is 0 Å². The number of carbonyl (C=O) groups is 1. The molecule has 4 nitrogen and oxygen atoms in total. The summed E-state index contributed by atoms with van der Waals surface area (Å²) in [5.74, 6) is 1.05. The van der Waals surface area contributed by atoms with E-state index in [1.165, 1.54) is 0 Å². The molecular formula is C23H18N2O2. The summed E-state index contributed by atoms with van der Waals surface area (Å²) in [7, 11) is 0. The van der Waals surface area contributed by atoms with E-state index < -0.39 is 0 Å². The number of benzene rings is 3. The van der Waals surface area contributed by atoms with Gasteiger partial charge in [0.25, 0.3) is 0 Å².